The van der Waals surface area contributed by atoms with Crippen LogP contribution in [-0.4, -0.2) is 9.97 Å². The highest BCUT2D eigenvalue weighted by atomic mass is 79.9. The summed E-state index contributed by atoms with van der Waals surface area (Å²) in [5.74, 6) is 1.91. The average molecular weight is 282 g/mol. The maximum atomic E-state index is 5.74. The smallest absolute Gasteiger partial charge is 0.166 e. The molecule has 2 aromatic heterocycles. The van der Waals surface area contributed by atoms with Gasteiger partial charge < -0.3 is 10.2 Å². The van der Waals surface area contributed by atoms with Crippen molar-refractivity contribution in [2.45, 2.75) is 19.8 Å². The summed E-state index contributed by atoms with van der Waals surface area (Å²) in [6.07, 6.45) is 3.41. The lowest BCUT2D eigenvalue weighted by molar-refractivity contribution is 0.578. The molecule has 0 aromatic carbocycles. The molecule has 5 heteroatoms. The molecule has 0 atom stereocenters. The summed E-state index contributed by atoms with van der Waals surface area (Å²) in [5.41, 5.74) is 6.45. The molecule has 0 amide bonds. The minimum absolute atomic E-state index is 0.469. The summed E-state index contributed by atoms with van der Waals surface area (Å²) < 4.78 is 6.21. The van der Waals surface area contributed by atoms with Crippen LogP contribution in [0.2, 0.25) is 0 Å². The standard InChI is InChI=1S/C11H12BrN3O/c1-2-3-10-14-8(6-9(13)15-10)11-7(12)4-5-16-11/h4-6H,2-3H2,1H3,(H2,13,14,15). The van der Waals surface area contributed by atoms with Gasteiger partial charge in [0.2, 0.25) is 0 Å². The van der Waals surface area contributed by atoms with Crippen LogP contribution in [0.1, 0.15) is 19.2 Å². The third kappa shape index (κ3) is 2.24. The summed E-state index contributed by atoms with van der Waals surface area (Å²) in [5, 5.41) is 0. The Morgan fingerprint density at radius 1 is 1.44 bits per heavy atom. The van der Waals surface area contributed by atoms with Gasteiger partial charge in [-0.25, -0.2) is 9.97 Å². The second-order valence-corrected chi connectivity index (χ2v) is 4.30. The fraction of sp³-hybridized carbons (Fsp3) is 0.273. The third-order valence-electron chi connectivity index (χ3n) is 2.12. The first-order valence-electron chi connectivity index (χ1n) is 5.07. The van der Waals surface area contributed by atoms with E-state index in [-0.39, 0.29) is 0 Å². The molecule has 2 N–H and O–H groups in total. The molecule has 0 bridgehead atoms. The Morgan fingerprint density at radius 3 is 2.88 bits per heavy atom. The Kier molecular flexibility index (Phi) is 3.24. The molecule has 0 saturated heterocycles. The molecule has 0 aliphatic rings. The molecule has 84 valence electrons. The molecule has 0 fully saturated rings. The van der Waals surface area contributed by atoms with Gasteiger partial charge in [0.1, 0.15) is 17.3 Å². The number of nitrogens with zero attached hydrogens (tertiary/aromatic N) is 2. The number of furan rings is 1. The fourth-order valence-corrected chi connectivity index (χ4v) is 1.85. The van der Waals surface area contributed by atoms with Crippen LogP contribution in [0.4, 0.5) is 5.82 Å². The van der Waals surface area contributed by atoms with Gasteiger partial charge >= 0.3 is 0 Å². The van der Waals surface area contributed by atoms with Gasteiger partial charge in [0.25, 0.3) is 0 Å². The van der Waals surface area contributed by atoms with Gasteiger partial charge in [-0.2, -0.15) is 0 Å². The minimum atomic E-state index is 0.469. The number of aryl methyl sites for hydroxylation is 1. The molecule has 4 nitrogen and oxygen atoms in total. The third-order valence-corrected chi connectivity index (χ3v) is 2.74. The molecule has 2 heterocycles. The van der Waals surface area contributed by atoms with Gasteiger partial charge in [-0.05, 0) is 28.4 Å². The number of anilines is 1. The van der Waals surface area contributed by atoms with Crippen LogP contribution >= 0.6 is 15.9 Å². The van der Waals surface area contributed by atoms with E-state index in [2.05, 4.69) is 32.8 Å². The lowest BCUT2D eigenvalue weighted by atomic mass is 10.2. The van der Waals surface area contributed by atoms with Crippen molar-refractivity contribution in [1.29, 1.82) is 0 Å². The Balaban J connectivity index is 2.45. The summed E-state index contributed by atoms with van der Waals surface area (Å²) in [6, 6.07) is 3.54. The molecule has 16 heavy (non-hydrogen) atoms. The lowest BCUT2D eigenvalue weighted by Gasteiger charge is -2.03. The highest BCUT2D eigenvalue weighted by Gasteiger charge is 2.10. The van der Waals surface area contributed by atoms with Crippen LogP contribution in [0.3, 0.4) is 0 Å². The first-order chi connectivity index (χ1) is 7.70. The minimum Gasteiger partial charge on any atom is -0.461 e. The maximum Gasteiger partial charge on any atom is 0.166 e. The van der Waals surface area contributed by atoms with E-state index in [0.717, 1.165) is 23.1 Å². The molecule has 0 unspecified atom stereocenters. The zero-order valence-electron chi connectivity index (χ0n) is 8.90. The molecule has 0 radical (unpaired) electrons. The Labute approximate surface area is 102 Å². The van der Waals surface area contributed by atoms with Crippen LogP contribution in [-0.2, 0) is 6.42 Å². The highest BCUT2D eigenvalue weighted by molar-refractivity contribution is 9.10. The van der Waals surface area contributed by atoms with Crippen LogP contribution in [0.15, 0.2) is 27.3 Å². The second kappa shape index (κ2) is 4.65. The zero-order valence-corrected chi connectivity index (χ0v) is 10.5. The SMILES string of the molecule is CCCc1nc(N)cc(-c2occc2Br)n1. The number of rotatable bonds is 3. The molecule has 0 saturated carbocycles. The van der Waals surface area contributed by atoms with Crippen molar-refractivity contribution in [3.8, 4) is 11.5 Å². The van der Waals surface area contributed by atoms with Gasteiger partial charge in [0, 0.05) is 12.5 Å². The normalized spacial score (nSPS) is 10.6. The molecule has 2 aromatic rings. The summed E-state index contributed by atoms with van der Waals surface area (Å²) >= 11 is 3.40. The van der Waals surface area contributed by atoms with Crippen molar-refractivity contribution in [1.82, 2.24) is 9.97 Å². The number of halogens is 1. The molecular formula is C11H12BrN3O. The number of hydrogen-bond donors (Lipinski definition) is 1. The second-order valence-electron chi connectivity index (χ2n) is 3.44. The molecule has 0 aliphatic carbocycles. The van der Waals surface area contributed by atoms with Crippen LogP contribution < -0.4 is 5.73 Å². The van der Waals surface area contributed by atoms with E-state index in [9.17, 15) is 0 Å². The van der Waals surface area contributed by atoms with E-state index in [1.54, 1.807) is 12.3 Å². The van der Waals surface area contributed by atoms with Crippen LogP contribution in [0.25, 0.3) is 11.5 Å². The van der Waals surface area contributed by atoms with E-state index < -0.39 is 0 Å². The van der Waals surface area contributed by atoms with Crippen molar-refractivity contribution < 1.29 is 4.42 Å². The zero-order chi connectivity index (χ0) is 11.5. The quantitative estimate of drug-likeness (QED) is 0.939. The summed E-state index contributed by atoms with van der Waals surface area (Å²) in [7, 11) is 0. The number of hydrogen-bond acceptors (Lipinski definition) is 4. The van der Waals surface area contributed by atoms with Crippen LogP contribution in [0, 0.1) is 0 Å². The van der Waals surface area contributed by atoms with E-state index >= 15 is 0 Å². The molecule has 0 spiro atoms. The Morgan fingerprint density at radius 2 is 2.25 bits per heavy atom. The predicted molar refractivity (Wildman–Crippen MR) is 65.8 cm³/mol. The van der Waals surface area contributed by atoms with Gasteiger partial charge in [-0.1, -0.05) is 6.92 Å². The largest absolute Gasteiger partial charge is 0.461 e. The van der Waals surface area contributed by atoms with Crippen molar-refractivity contribution in [3.05, 3.63) is 28.7 Å². The van der Waals surface area contributed by atoms with Gasteiger partial charge in [0.05, 0.1) is 10.7 Å². The monoisotopic (exact) mass is 281 g/mol. The van der Waals surface area contributed by atoms with Gasteiger partial charge in [0.15, 0.2) is 5.76 Å². The van der Waals surface area contributed by atoms with E-state index in [1.165, 1.54) is 0 Å². The van der Waals surface area contributed by atoms with Crippen LogP contribution in [0.5, 0.6) is 0 Å². The van der Waals surface area contributed by atoms with Crippen molar-refractivity contribution >= 4 is 21.7 Å². The van der Waals surface area contributed by atoms with Crippen molar-refractivity contribution in [3.63, 3.8) is 0 Å². The molecule has 0 aliphatic heterocycles. The predicted octanol–water partition coefficient (Wildman–Crippen LogP) is 3.03. The molecular weight excluding hydrogens is 270 g/mol. The van der Waals surface area contributed by atoms with E-state index in [4.69, 9.17) is 10.2 Å². The number of nitrogens with two attached hydrogens (primary N) is 1. The van der Waals surface area contributed by atoms with Crippen molar-refractivity contribution in [2.75, 3.05) is 5.73 Å². The maximum absolute atomic E-state index is 5.74. The van der Waals surface area contributed by atoms with Gasteiger partial charge in [-0.3, -0.25) is 0 Å². The summed E-state index contributed by atoms with van der Waals surface area (Å²) in [4.78, 5) is 8.58. The summed E-state index contributed by atoms with van der Waals surface area (Å²) in [6.45, 7) is 2.08. The topological polar surface area (TPSA) is 64.9 Å². The first kappa shape index (κ1) is 11.1. The van der Waals surface area contributed by atoms with E-state index in [0.29, 0.717) is 17.3 Å². The number of nitrogen functional groups attached to an aromatic ring is 1. The van der Waals surface area contributed by atoms with Gasteiger partial charge in [-0.15, -0.1) is 0 Å². The molecule has 2 rings (SSSR count). The van der Waals surface area contributed by atoms with Crippen molar-refractivity contribution in [2.24, 2.45) is 0 Å². The lowest BCUT2D eigenvalue weighted by Crippen LogP contribution is -2.00. The Hall–Kier alpha value is -1.36. The average Bonchev–Trinajstić information content (AvgIpc) is 2.64. The first-order valence-corrected chi connectivity index (χ1v) is 5.86. The number of aromatic nitrogens is 2. The van der Waals surface area contributed by atoms with E-state index in [1.807, 2.05) is 6.07 Å². The Bertz CT molecular complexity index is 496. The fourth-order valence-electron chi connectivity index (χ4n) is 1.45. The highest BCUT2D eigenvalue weighted by Crippen LogP contribution is 2.28.